The predicted molar refractivity (Wildman–Crippen MR) is 161 cm³/mol. The molecular weight excluding hydrogens is 618 g/mol. The van der Waals surface area contributed by atoms with E-state index >= 15 is 0 Å². The van der Waals surface area contributed by atoms with E-state index in [2.05, 4.69) is 5.32 Å². The fraction of sp³-hybridized carbons (Fsp3) is 0.344. The molecule has 15 heteroatoms. The van der Waals surface area contributed by atoms with Crippen molar-refractivity contribution in [2.45, 2.75) is 62.4 Å². The van der Waals surface area contributed by atoms with Crippen LogP contribution in [0.25, 0.3) is 0 Å². The van der Waals surface area contributed by atoms with E-state index in [4.69, 9.17) is 19.9 Å². The molecule has 3 aliphatic rings. The van der Waals surface area contributed by atoms with E-state index < -0.39 is 94.5 Å². The number of nitro benzene ring substituents is 1. The van der Waals surface area contributed by atoms with Gasteiger partial charge in [-0.15, -0.1) is 0 Å². The Morgan fingerprint density at radius 3 is 2.30 bits per heavy atom. The van der Waals surface area contributed by atoms with Crippen LogP contribution in [-0.4, -0.2) is 79.8 Å². The maximum atomic E-state index is 13.6. The fourth-order valence-corrected chi connectivity index (χ4v) is 6.36. The lowest BCUT2D eigenvalue weighted by atomic mass is 9.73. The summed E-state index contributed by atoms with van der Waals surface area (Å²) in [6.07, 6.45) is -5.79. The van der Waals surface area contributed by atoms with Crippen molar-refractivity contribution in [1.29, 1.82) is 0 Å². The number of aliphatic hydroxyl groups excluding tert-OH is 1. The molecule has 1 aliphatic heterocycles. The summed E-state index contributed by atoms with van der Waals surface area (Å²) in [5.41, 5.74) is 3.20. The Morgan fingerprint density at radius 1 is 1.09 bits per heavy atom. The zero-order valence-corrected chi connectivity index (χ0v) is 24.9. The second kappa shape index (κ2) is 12.0. The first-order valence-electron chi connectivity index (χ1n) is 14.7. The predicted octanol–water partition coefficient (Wildman–Crippen LogP) is 2.59. The molecule has 0 aromatic heterocycles. The van der Waals surface area contributed by atoms with E-state index in [0.29, 0.717) is 0 Å². The van der Waals surface area contributed by atoms with Crippen LogP contribution in [0, 0.1) is 10.1 Å². The molecule has 3 aromatic carbocycles. The van der Waals surface area contributed by atoms with Crippen molar-refractivity contribution in [2.24, 2.45) is 5.73 Å². The van der Waals surface area contributed by atoms with E-state index in [-0.39, 0.29) is 46.5 Å². The Balaban J connectivity index is 1.34. The molecule has 3 aromatic rings. The van der Waals surface area contributed by atoms with Crippen molar-refractivity contribution in [3.8, 4) is 11.5 Å². The largest absolute Gasteiger partial charge is 0.507 e. The van der Waals surface area contributed by atoms with Gasteiger partial charge in [-0.2, -0.15) is 0 Å². The summed E-state index contributed by atoms with van der Waals surface area (Å²) in [5, 5.41) is 58.4. The monoisotopic (exact) mass is 649 g/mol. The molecule has 0 spiro atoms. The van der Waals surface area contributed by atoms with Gasteiger partial charge in [0.05, 0.1) is 34.4 Å². The lowest BCUT2D eigenvalue weighted by Crippen LogP contribution is -2.52. The maximum Gasteiger partial charge on any atom is 0.411 e. The molecule has 2 aliphatic carbocycles. The van der Waals surface area contributed by atoms with Gasteiger partial charge in [0.2, 0.25) is 0 Å². The maximum absolute atomic E-state index is 13.6. The minimum Gasteiger partial charge on any atom is -0.507 e. The fourth-order valence-electron chi connectivity index (χ4n) is 6.36. The Morgan fingerprint density at radius 2 is 1.70 bits per heavy atom. The van der Waals surface area contributed by atoms with E-state index in [1.165, 1.54) is 36.4 Å². The zero-order valence-electron chi connectivity index (χ0n) is 24.9. The van der Waals surface area contributed by atoms with E-state index in [1.807, 2.05) is 0 Å². The third kappa shape index (κ3) is 5.79. The standard InChI is InChI=1S/C32H31N3O12/c1-14-26(36)20(33)10-22(46-14)47-21-12-32(42,13-45-31(41)34-15-6-8-16(9-7-15)35(43)44)11-19-23(21)30(40)25-24(29(19)39)27(37)17-4-2-3-5-18(17)28(25)38/h2-9,14,20-22,26,36,39-40,42H,10-13,33H2,1H3,(H,34,41)/t14?,20?,21-,22?,26?,32-/m0/s1. The zero-order chi connectivity index (χ0) is 33.8. The number of nitrogens with one attached hydrogen (secondary N) is 1. The number of hydrogen-bond donors (Lipinski definition) is 6. The summed E-state index contributed by atoms with van der Waals surface area (Å²) in [6, 6.07) is 10.2. The average molecular weight is 650 g/mol. The third-order valence-electron chi connectivity index (χ3n) is 8.72. The Kier molecular flexibility index (Phi) is 8.19. The molecule has 0 bridgehead atoms. The van der Waals surface area contributed by atoms with Crippen LogP contribution in [0.2, 0.25) is 0 Å². The van der Waals surface area contributed by atoms with Gasteiger partial charge in [0.1, 0.15) is 23.7 Å². The highest BCUT2D eigenvalue weighted by molar-refractivity contribution is 6.30. The van der Waals surface area contributed by atoms with Gasteiger partial charge in [0.25, 0.3) is 5.69 Å². The van der Waals surface area contributed by atoms with Crippen molar-refractivity contribution in [1.82, 2.24) is 0 Å². The van der Waals surface area contributed by atoms with Gasteiger partial charge in [-0.1, -0.05) is 24.3 Å². The molecule has 1 fully saturated rings. The number of hydrogen-bond acceptors (Lipinski definition) is 13. The molecule has 0 saturated carbocycles. The number of ketones is 2. The Labute approximate surface area is 266 Å². The second-order valence-electron chi connectivity index (χ2n) is 11.9. The molecule has 246 valence electrons. The van der Waals surface area contributed by atoms with Crippen molar-refractivity contribution in [2.75, 3.05) is 11.9 Å². The van der Waals surface area contributed by atoms with Crippen LogP contribution in [0.15, 0.2) is 48.5 Å². The number of rotatable bonds is 6. The number of aliphatic hydroxyl groups is 2. The number of non-ortho nitro benzene ring substituents is 1. The molecule has 1 saturated heterocycles. The van der Waals surface area contributed by atoms with Crippen molar-refractivity contribution < 1.29 is 53.9 Å². The van der Waals surface area contributed by atoms with Crippen LogP contribution in [-0.2, 0) is 20.6 Å². The highest BCUT2D eigenvalue weighted by atomic mass is 16.7. The van der Waals surface area contributed by atoms with Crippen LogP contribution in [0.4, 0.5) is 16.2 Å². The number of nitrogens with zero attached hydrogens (tertiary/aromatic N) is 1. The van der Waals surface area contributed by atoms with Crippen LogP contribution in [0.3, 0.4) is 0 Å². The lowest BCUT2D eigenvalue weighted by Gasteiger charge is -2.42. The number of nitrogens with two attached hydrogens (primary N) is 1. The summed E-state index contributed by atoms with van der Waals surface area (Å²) in [5.74, 6) is -2.66. The highest BCUT2D eigenvalue weighted by Gasteiger charge is 2.48. The quantitative estimate of drug-likeness (QED) is 0.100. The molecule has 7 N–H and O–H groups in total. The molecule has 1 amide bonds. The minimum absolute atomic E-state index is 0.0202. The highest BCUT2D eigenvalue weighted by Crippen LogP contribution is 2.52. The summed E-state index contributed by atoms with van der Waals surface area (Å²) < 4.78 is 17.3. The molecule has 15 nitrogen and oxygen atoms in total. The van der Waals surface area contributed by atoms with E-state index in [0.717, 1.165) is 0 Å². The SMILES string of the molecule is CC1OC(O[C@H]2C[C@](O)(COC(=O)Nc3ccc([N+](=O)[O-])cc3)Cc3c(O)c4c(c(O)c32)C(=O)c2ccccc2C4=O)CC(N)C1O. The molecule has 6 atom stereocenters. The average Bonchev–Trinajstić information content (AvgIpc) is 3.03. The third-order valence-corrected chi connectivity index (χ3v) is 8.72. The summed E-state index contributed by atoms with van der Waals surface area (Å²) in [4.78, 5) is 50.0. The number of carbonyl (C=O) groups excluding carboxylic acids is 3. The molecule has 0 radical (unpaired) electrons. The number of fused-ring (bicyclic) bond motifs is 3. The molecule has 1 heterocycles. The molecule has 4 unspecified atom stereocenters. The number of carbonyl (C=O) groups is 3. The van der Waals surface area contributed by atoms with Crippen LogP contribution < -0.4 is 11.1 Å². The summed E-state index contributed by atoms with van der Waals surface area (Å²) in [7, 11) is 0. The normalized spacial score (nSPS) is 26.5. The topological polar surface area (TPSA) is 241 Å². The number of aromatic hydroxyl groups is 2. The van der Waals surface area contributed by atoms with Gasteiger partial charge in [-0.05, 0) is 19.1 Å². The first kappa shape index (κ1) is 32.0. The van der Waals surface area contributed by atoms with Crippen molar-refractivity contribution >= 4 is 29.0 Å². The lowest BCUT2D eigenvalue weighted by molar-refractivity contribution is -0.384. The number of anilines is 1. The number of phenols is 2. The van der Waals surface area contributed by atoms with Crippen LogP contribution in [0.1, 0.15) is 68.8 Å². The van der Waals surface area contributed by atoms with Crippen LogP contribution in [0.5, 0.6) is 11.5 Å². The van der Waals surface area contributed by atoms with Gasteiger partial charge in [-0.25, -0.2) is 4.79 Å². The van der Waals surface area contributed by atoms with Crippen molar-refractivity contribution in [3.05, 3.63) is 92.0 Å². The van der Waals surface area contributed by atoms with E-state index in [1.54, 1.807) is 19.1 Å². The van der Waals surface area contributed by atoms with Gasteiger partial charge < -0.3 is 40.4 Å². The first-order chi connectivity index (χ1) is 22.3. The van der Waals surface area contributed by atoms with Gasteiger partial charge in [0, 0.05) is 65.4 Å². The number of amides is 1. The second-order valence-corrected chi connectivity index (χ2v) is 11.9. The number of nitro groups is 1. The van der Waals surface area contributed by atoms with Crippen LogP contribution >= 0.6 is 0 Å². The summed E-state index contributed by atoms with van der Waals surface area (Å²) >= 11 is 0. The number of ether oxygens (including phenoxy) is 3. The van der Waals surface area contributed by atoms with Crippen molar-refractivity contribution in [3.63, 3.8) is 0 Å². The number of phenolic OH excluding ortho intramolecular Hbond substituents is 2. The smallest absolute Gasteiger partial charge is 0.411 e. The first-order valence-corrected chi connectivity index (χ1v) is 14.7. The molecular formula is C32H31N3O12. The summed E-state index contributed by atoms with van der Waals surface area (Å²) in [6.45, 7) is 0.933. The van der Waals surface area contributed by atoms with E-state index in [9.17, 15) is 44.9 Å². The van der Waals surface area contributed by atoms with Gasteiger partial charge in [0.15, 0.2) is 17.9 Å². The Hall–Kier alpha value is -4.93. The van der Waals surface area contributed by atoms with Gasteiger partial charge >= 0.3 is 6.09 Å². The van der Waals surface area contributed by atoms with Gasteiger partial charge in [-0.3, -0.25) is 25.0 Å². The number of benzene rings is 3. The minimum atomic E-state index is -1.94. The molecule has 6 rings (SSSR count). The molecule has 47 heavy (non-hydrogen) atoms. The Bertz CT molecular complexity index is 1780.